The Balaban J connectivity index is 1.58. The molecule has 1 fully saturated rings. The second-order valence-electron chi connectivity index (χ2n) is 8.53. The molecule has 0 bridgehead atoms. The summed E-state index contributed by atoms with van der Waals surface area (Å²) in [5.41, 5.74) is 6.97. The highest BCUT2D eigenvalue weighted by atomic mass is 79.9. The van der Waals surface area contributed by atoms with E-state index >= 15 is 0 Å². The van der Waals surface area contributed by atoms with E-state index in [9.17, 15) is 0 Å². The number of allylic oxidation sites excluding steroid dienone is 1. The summed E-state index contributed by atoms with van der Waals surface area (Å²) in [4.78, 5) is 0. The molecule has 2 aliphatic rings. The van der Waals surface area contributed by atoms with E-state index in [2.05, 4.69) is 78.3 Å². The Kier molecular flexibility index (Phi) is 6.07. The average molecular weight is 491 g/mol. The third-order valence-corrected chi connectivity index (χ3v) is 6.68. The van der Waals surface area contributed by atoms with Crippen LogP contribution in [0.25, 0.3) is 11.1 Å². The Morgan fingerprint density at radius 3 is 2.53 bits per heavy atom. The van der Waals surface area contributed by atoms with E-state index in [0.717, 1.165) is 58.5 Å². The number of rotatable bonds is 4. The van der Waals surface area contributed by atoms with Gasteiger partial charge in [0.1, 0.15) is 17.6 Å². The second kappa shape index (κ2) is 9.13. The minimum absolute atomic E-state index is 0.166. The molecule has 0 radical (unpaired) electrons. The molecule has 3 aromatic rings. The zero-order chi connectivity index (χ0) is 22.1. The maximum absolute atomic E-state index is 6.62. The van der Waals surface area contributed by atoms with Crippen LogP contribution in [0.1, 0.15) is 54.5 Å². The Hall–Kier alpha value is -2.56. The summed E-state index contributed by atoms with van der Waals surface area (Å²) in [5, 5.41) is 0. The topological polar surface area (TPSA) is 27.7 Å². The minimum atomic E-state index is -0.175. The summed E-state index contributed by atoms with van der Waals surface area (Å²) in [7, 11) is 0. The van der Waals surface area contributed by atoms with Crippen LogP contribution < -0.4 is 9.47 Å². The predicted octanol–water partition coefficient (Wildman–Crippen LogP) is 7.73. The molecule has 5 rings (SSSR count). The van der Waals surface area contributed by atoms with Gasteiger partial charge in [-0.3, -0.25) is 0 Å². The van der Waals surface area contributed by atoms with Crippen molar-refractivity contribution >= 4 is 27.1 Å². The Bertz CT molecular complexity index is 1140. The smallest absolute Gasteiger partial charge is 0.199 e. The summed E-state index contributed by atoms with van der Waals surface area (Å²) in [6.45, 7) is 5.05. The van der Waals surface area contributed by atoms with Crippen LogP contribution in [0.3, 0.4) is 0 Å². The lowest BCUT2D eigenvalue weighted by Gasteiger charge is -2.32. The summed E-state index contributed by atoms with van der Waals surface area (Å²) >= 11 is 3.64. The molecule has 0 aliphatic carbocycles. The van der Waals surface area contributed by atoms with Gasteiger partial charge in [0.05, 0.1) is 6.61 Å². The van der Waals surface area contributed by atoms with E-state index in [-0.39, 0.29) is 12.4 Å². The molecule has 2 atom stereocenters. The maximum Gasteiger partial charge on any atom is 0.199 e. The van der Waals surface area contributed by atoms with E-state index in [0.29, 0.717) is 0 Å². The van der Waals surface area contributed by atoms with Crippen LogP contribution in [-0.2, 0) is 4.74 Å². The lowest BCUT2D eigenvalue weighted by atomic mass is 9.86. The SMILES string of the molecule is CC1=C(c2cccc(Br)c2)C(c2ccc(C)cc2)Oc2ccc(OC3CCCCO3)cc21. The van der Waals surface area contributed by atoms with Gasteiger partial charge >= 0.3 is 0 Å². The van der Waals surface area contributed by atoms with E-state index in [4.69, 9.17) is 14.2 Å². The summed E-state index contributed by atoms with van der Waals surface area (Å²) in [5.74, 6) is 1.70. The fraction of sp³-hybridized carbons (Fsp3) is 0.286. The molecular formula is C28H27BrO3. The van der Waals surface area contributed by atoms with Crippen LogP contribution >= 0.6 is 15.9 Å². The van der Waals surface area contributed by atoms with Crippen LogP contribution in [-0.4, -0.2) is 12.9 Å². The van der Waals surface area contributed by atoms with Crippen LogP contribution in [0.2, 0.25) is 0 Å². The molecule has 3 nitrogen and oxygen atoms in total. The predicted molar refractivity (Wildman–Crippen MR) is 132 cm³/mol. The number of halogens is 1. The third-order valence-electron chi connectivity index (χ3n) is 6.19. The fourth-order valence-corrected chi connectivity index (χ4v) is 4.86. The van der Waals surface area contributed by atoms with E-state index in [1.165, 1.54) is 16.7 Å². The zero-order valence-corrected chi connectivity index (χ0v) is 20.0. The number of ether oxygens (including phenoxy) is 3. The summed E-state index contributed by atoms with van der Waals surface area (Å²) < 4.78 is 19.6. The van der Waals surface area contributed by atoms with Crippen LogP contribution in [0, 0.1) is 6.92 Å². The molecular weight excluding hydrogens is 464 g/mol. The highest BCUT2D eigenvalue weighted by Crippen LogP contribution is 2.47. The molecule has 0 spiro atoms. The molecule has 3 aromatic carbocycles. The maximum atomic E-state index is 6.62. The van der Waals surface area contributed by atoms with Gasteiger partial charge in [0, 0.05) is 22.0 Å². The lowest BCUT2D eigenvalue weighted by molar-refractivity contribution is -0.105. The van der Waals surface area contributed by atoms with Gasteiger partial charge in [0.15, 0.2) is 6.29 Å². The van der Waals surface area contributed by atoms with Gasteiger partial charge in [-0.25, -0.2) is 0 Å². The van der Waals surface area contributed by atoms with Crippen LogP contribution in [0.4, 0.5) is 0 Å². The van der Waals surface area contributed by atoms with Gasteiger partial charge in [-0.2, -0.15) is 0 Å². The molecule has 1 saturated heterocycles. The lowest BCUT2D eigenvalue weighted by Crippen LogP contribution is -2.25. The van der Waals surface area contributed by atoms with Gasteiger partial charge in [-0.05, 0) is 73.7 Å². The molecule has 0 aromatic heterocycles. The van der Waals surface area contributed by atoms with E-state index in [1.54, 1.807) is 0 Å². The van der Waals surface area contributed by atoms with Crippen molar-refractivity contribution in [1.29, 1.82) is 0 Å². The highest BCUT2D eigenvalue weighted by Gasteiger charge is 2.30. The van der Waals surface area contributed by atoms with Crippen molar-refractivity contribution in [1.82, 2.24) is 0 Å². The Morgan fingerprint density at radius 2 is 1.78 bits per heavy atom. The van der Waals surface area contributed by atoms with Gasteiger partial charge in [-0.1, -0.05) is 57.9 Å². The molecule has 0 amide bonds. The molecule has 4 heteroatoms. The van der Waals surface area contributed by atoms with Crippen molar-refractivity contribution in [2.75, 3.05) is 6.61 Å². The first-order chi connectivity index (χ1) is 15.6. The molecule has 164 valence electrons. The molecule has 0 saturated carbocycles. The van der Waals surface area contributed by atoms with Crippen molar-refractivity contribution in [3.05, 3.63) is 93.5 Å². The third kappa shape index (κ3) is 4.35. The highest BCUT2D eigenvalue weighted by molar-refractivity contribution is 9.10. The largest absolute Gasteiger partial charge is 0.480 e. The van der Waals surface area contributed by atoms with Crippen molar-refractivity contribution in [3.63, 3.8) is 0 Å². The molecule has 2 aliphatic heterocycles. The fourth-order valence-electron chi connectivity index (χ4n) is 4.46. The standard InChI is InChI=1S/C28H27BrO3/c1-18-9-11-20(12-10-18)28-27(21-6-5-7-22(29)16-21)19(2)24-17-23(13-14-25(24)32-28)31-26-8-3-4-15-30-26/h5-7,9-14,16-17,26,28H,3-4,8,15H2,1-2H3. The monoisotopic (exact) mass is 490 g/mol. The Morgan fingerprint density at radius 1 is 0.938 bits per heavy atom. The van der Waals surface area contributed by atoms with Crippen molar-refractivity contribution in [2.24, 2.45) is 0 Å². The number of benzene rings is 3. The van der Waals surface area contributed by atoms with Gasteiger partial charge in [0.25, 0.3) is 0 Å². The van der Waals surface area contributed by atoms with E-state index in [1.807, 2.05) is 18.2 Å². The first-order valence-electron chi connectivity index (χ1n) is 11.2. The first kappa shape index (κ1) is 21.3. The molecule has 0 N–H and O–H groups in total. The number of aryl methyl sites for hydroxylation is 1. The number of hydrogen-bond acceptors (Lipinski definition) is 3. The van der Waals surface area contributed by atoms with Crippen LogP contribution in [0.15, 0.2) is 71.2 Å². The van der Waals surface area contributed by atoms with Gasteiger partial charge in [-0.15, -0.1) is 0 Å². The average Bonchev–Trinajstić information content (AvgIpc) is 2.80. The van der Waals surface area contributed by atoms with Crippen molar-refractivity contribution in [3.8, 4) is 11.5 Å². The minimum Gasteiger partial charge on any atom is -0.480 e. The van der Waals surface area contributed by atoms with Gasteiger partial charge in [0.2, 0.25) is 0 Å². The molecule has 32 heavy (non-hydrogen) atoms. The number of fused-ring (bicyclic) bond motifs is 1. The second-order valence-corrected chi connectivity index (χ2v) is 9.45. The quantitative estimate of drug-likeness (QED) is 0.374. The zero-order valence-electron chi connectivity index (χ0n) is 18.4. The Labute approximate surface area is 198 Å². The number of hydrogen-bond donors (Lipinski definition) is 0. The summed E-state index contributed by atoms with van der Waals surface area (Å²) in [6, 6.07) is 23.1. The van der Waals surface area contributed by atoms with Gasteiger partial charge < -0.3 is 14.2 Å². The summed E-state index contributed by atoms with van der Waals surface area (Å²) in [6.07, 6.45) is 2.84. The van der Waals surface area contributed by atoms with Crippen molar-refractivity contribution < 1.29 is 14.2 Å². The molecule has 2 heterocycles. The van der Waals surface area contributed by atoms with E-state index < -0.39 is 0 Å². The van der Waals surface area contributed by atoms with Crippen LogP contribution in [0.5, 0.6) is 11.5 Å². The van der Waals surface area contributed by atoms with Crippen molar-refractivity contribution in [2.45, 2.75) is 45.5 Å². The first-order valence-corrected chi connectivity index (χ1v) is 12.0. The molecule has 2 unspecified atom stereocenters. The normalized spacial score (nSPS) is 20.5.